The van der Waals surface area contributed by atoms with Crippen molar-refractivity contribution in [2.75, 3.05) is 6.54 Å². The summed E-state index contributed by atoms with van der Waals surface area (Å²) in [6.45, 7) is 1.77. The molecule has 3 aromatic rings. The van der Waals surface area contributed by atoms with Crippen LogP contribution in [0.1, 0.15) is 35.2 Å². The third-order valence-corrected chi connectivity index (χ3v) is 5.07. The fourth-order valence-electron chi connectivity index (χ4n) is 3.52. The Hall–Kier alpha value is -3.00. The summed E-state index contributed by atoms with van der Waals surface area (Å²) in [5, 5.41) is 19.3. The van der Waals surface area contributed by atoms with E-state index in [4.69, 9.17) is 0 Å². The zero-order valence-corrected chi connectivity index (χ0v) is 15.6. The Labute approximate surface area is 162 Å². The minimum atomic E-state index is -0.865. The van der Waals surface area contributed by atoms with Gasteiger partial charge in [-0.25, -0.2) is 4.39 Å². The molecule has 0 saturated heterocycles. The number of aliphatic hydroxyl groups is 1. The van der Waals surface area contributed by atoms with E-state index in [2.05, 4.69) is 10.2 Å². The van der Waals surface area contributed by atoms with Crippen molar-refractivity contribution in [3.63, 3.8) is 0 Å². The molecule has 4 rings (SSSR count). The number of hydrogen-bond acceptors (Lipinski definition) is 4. The number of fused-ring (bicyclic) bond motifs is 1. The van der Waals surface area contributed by atoms with E-state index in [-0.39, 0.29) is 18.1 Å². The lowest BCUT2D eigenvalue weighted by atomic mass is 10.1. The minimum absolute atomic E-state index is 0.00464. The highest BCUT2D eigenvalue weighted by atomic mass is 19.1. The van der Waals surface area contributed by atoms with Crippen molar-refractivity contribution in [1.82, 2.24) is 24.5 Å². The van der Waals surface area contributed by atoms with E-state index < -0.39 is 6.10 Å². The first-order valence-corrected chi connectivity index (χ1v) is 9.26. The molecule has 8 heteroatoms. The van der Waals surface area contributed by atoms with E-state index in [0.29, 0.717) is 31.0 Å². The molecule has 2 aromatic heterocycles. The molecule has 1 aliphatic rings. The van der Waals surface area contributed by atoms with Gasteiger partial charge in [-0.1, -0.05) is 12.1 Å². The summed E-state index contributed by atoms with van der Waals surface area (Å²) in [5.74, 6) is -0.315. The topological polar surface area (TPSA) is 76.2 Å². The van der Waals surface area contributed by atoms with Crippen LogP contribution in [0.3, 0.4) is 0 Å². The smallest absolute Gasteiger partial charge is 0.227 e. The van der Waals surface area contributed by atoms with Gasteiger partial charge in [0.2, 0.25) is 5.91 Å². The number of carbonyl (C=O) groups excluding carboxylic acids is 1. The van der Waals surface area contributed by atoms with Gasteiger partial charge in [0.05, 0.1) is 30.0 Å². The number of aliphatic hydroxyl groups excluding tert-OH is 1. The van der Waals surface area contributed by atoms with Crippen molar-refractivity contribution >= 4 is 5.91 Å². The third-order valence-electron chi connectivity index (χ3n) is 5.07. The lowest BCUT2D eigenvalue weighted by Gasteiger charge is -2.20. The van der Waals surface area contributed by atoms with Crippen molar-refractivity contribution in [3.8, 4) is 0 Å². The number of nitrogens with zero attached hydrogens (tertiary/aromatic N) is 5. The summed E-state index contributed by atoms with van der Waals surface area (Å²) in [6.07, 6.45) is 1.79. The molecule has 0 unspecified atom stereocenters. The number of aryl methyl sites for hydroxylation is 2. The molecule has 1 amide bonds. The third kappa shape index (κ3) is 3.68. The summed E-state index contributed by atoms with van der Waals surface area (Å²) < 4.78 is 16.5. The van der Waals surface area contributed by atoms with Gasteiger partial charge in [-0.2, -0.15) is 10.2 Å². The second-order valence-corrected chi connectivity index (χ2v) is 7.04. The van der Waals surface area contributed by atoms with Gasteiger partial charge in [0.15, 0.2) is 0 Å². The Balaban J connectivity index is 1.50. The van der Waals surface area contributed by atoms with Crippen LogP contribution in [0.2, 0.25) is 0 Å². The molecule has 0 radical (unpaired) electrons. The van der Waals surface area contributed by atoms with Crippen LogP contribution in [-0.2, 0) is 31.4 Å². The van der Waals surface area contributed by atoms with Gasteiger partial charge in [0.1, 0.15) is 11.9 Å². The molecule has 0 spiro atoms. The maximum atomic E-state index is 13.1. The number of benzene rings is 1. The number of aromatic nitrogens is 4. The number of amides is 1. The molecule has 0 fully saturated rings. The van der Waals surface area contributed by atoms with E-state index in [1.54, 1.807) is 41.0 Å². The zero-order chi connectivity index (χ0) is 19.7. The number of hydrogen-bond donors (Lipinski definition) is 1. The Morgan fingerprint density at radius 3 is 2.75 bits per heavy atom. The molecular formula is C20H22FN5O2. The highest BCUT2D eigenvalue weighted by molar-refractivity contribution is 5.78. The molecule has 0 saturated carbocycles. The fourth-order valence-corrected chi connectivity index (χ4v) is 3.52. The minimum Gasteiger partial charge on any atom is -0.380 e. The molecule has 0 bridgehead atoms. The van der Waals surface area contributed by atoms with Crippen molar-refractivity contribution in [2.45, 2.75) is 32.0 Å². The molecular weight excluding hydrogens is 361 g/mol. The fraction of sp³-hybridized carbons (Fsp3) is 0.350. The summed E-state index contributed by atoms with van der Waals surface area (Å²) >= 11 is 0. The van der Waals surface area contributed by atoms with Gasteiger partial charge in [0.25, 0.3) is 0 Å². The van der Waals surface area contributed by atoms with Gasteiger partial charge < -0.3 is 10.0 Å². The summed E-state index contributed by atoms with van der Waals surface area (Å²) in [4.78, 5) is 14.5. The van der Waals surface area contributed by atoms with Crippen molar-refractivity contribution < 1.29 is 14.3 Å². The quantitative estimate of drug-likeness (QED) is 0.746. The number of halogens is 1. The van der Waals surface area contributed by atoms with Crippen LogP contribution in [0.4, 0.5) is 4.39 Å². The second-order valence-electron chi connectivity index (χ2n) is 7.04. The molecule has 7 nitrogen and oxygen atoms in total. The normalized spacial score (nSPS) is 15.2. The highest BCUT2D eigenvalue weighted by Gasteiger charge is 2.24. The molecule has 1 atom stereocenters. The van der Waals surface area contributed by atoms with Crippen LogP contribution in [0.25, 0.3) is 0 Å². The molecule has 3 heterocycles. The van der Waals surface area contributed by atoms with E-state index in [1.807, 2.05) is 10.7 Å². The van der Waals surface area contributed by atoms with Crippen LogP contribution >= 0.6 is 0 Å². The van der Waals surface area contributed by atoms with Crippen LogP contribution in [0, 0.1) is 5.82 Å². The molecule has 1 aliphatic heterocycles. The SMILES string of the molecule is Cn1nccc1[C@H](O)c1cc2n(n1)CCCN(C(=O)Cc1ccc(F)cc1)C2. The van der Waals surface area contributed by atoms with Crippen molar-refractivity contribution in [3.05, 3.63) is 71.1 Å². The summed E-state index contributed by atoms with van der Waals surface area (Å²) in [6, 6.07) is 9.61. The van der Waals surface area contributed by atoms with Gasteiger partial charge in [-0.05, 0) is 36.2 Å². The number of carbonyl (C=O) groups is 1. The van der Waals surface area contributed by atoms with Gasteiger partial charge in [0, 0.05) is 26.3 Å². The van der Waals surface area contributed by atoms with E-state index >= 15 is 0 Å². The summed E-state index contributed by atoms with van der Waals surface area (Å²) in [5.41, 5.74) is 2.89. The maximum Gasteiger partial charge on any atom is 0.227 e. The highest BCUT2D eigenvalue weighted by Crippen LogP contribution is 2.23. The van der Waals surface area contributed by atoms with Gasteiger partial charge in [-0.15, -0.1) is 0 Å². The summed E-state index contributed by atoms with van der Waals surface area (Å²) in [7, 11) is 1.77. The van der Waals surface area contributed by atoms with Crippen LogP contribution in [0.5, 0.6) is 0 Å². The molecule has 28 heavy (non-hydrogen) atoms. The first-order valence-electron chi connectivity index (χ1n) is 9.26. The lowest BCUT2D eigenvalue weighted by molar-refractivity contribution is -0.131. The molecule has 146 valence electrons. The predicted molar refractivity (Wildman–Crippen MR) is 99.6 cm³/mol. The van der Waals surface area contributed by atoms with Crippen LogP contribution < -0.4 is 0 Å². The first kappa shape index (κ1) is 18.4. The van der Waals surface area contributed by atoms with Crippen LogP contribution in [0.15, 0.2) is 42.6 Å². The van der Waals surface area contributed by atoms with Crippen molar-refractivity contribution in [2.24, 2.45) is 7.05 Å². The lowest BCUT2D eigenvalue weighted by Crippen LogP contribution is -2.32. The zero-order valence-electron chi connectivity index (χ0n) is 15.6. The van der Waals surface area contributed by atoms with E-state index in [1.165, 1.54) is 12.1 Å². The maximum absolute atomic E-state index is 13.1. The monoisotopic (exact) mass is 383 g/mol. The number of rotatable bonds is 4. The largest absolute Gasteiger partial charge is 0.380 e. The Morgan fingerprint density at radius 2 is 2.04 bits per heavy atom. The van der Waals surface area contributed by atoms with Gasteiger partial charge >= 0.3 is 0 Å². The van der Waals surface area contributed by atoms with E-state index in [0.717, 1.165) is 17.7 Å². The average molecular weight is 383 g/mol. The molecule has 1 aromatic carbocycles. The van der Waals surface area contributed by atoms with Crippen molar-refractivity contribution in [1.29, 1.82) is 0 Å². The second kappa shape index (κ2) is 7.55. The first-order chi connectivity index (χ1) is 13.5. The Kier molecular flexibility index (Phi) is 4.95. The molecule has 0 aliphatic carbocycles. The average Bonchev–Trinajstić information content (AvgIpc) is 3.23. The van der Waals surface area contributed by atoms with Gasteiger partial charge in [-0.3, -0.25) is 14.2 Å². The Bertz CT molecular complexity index is 979. The molecule has 1 N–H and O–H groups in total. The predicted octanol–water partition coefficient (Wildman–Crippen LogP) is 1.81. The standard InChI is InChI=1S/C20H22FN5O2/c1-24-18(7-8-22-24)20(28)17-12-16-13-25(9-2-10-26(16)23-17)19(27)11-14-3-5-15(21)6-4-14/h3-8,12,20,28H,2,9-11,13H2,1H3/t20-/m1/s1. The van der Waals surface area contributed by atoms with E-state index in [9.17, 15) is 14.3 Å². The van der Waals surface area contributed by atoms with Crippen LogP contribution in [-0.4, -0.2) is 42.0 Å². The Morgan fingerprint density at radius 1 is 1.25 bits per heavy atom.